The predicted molar refractivity (Wildman–Crippen MR) is 63.7 cm³/mol. The van der Waals surface area contributed by atoms with Gasteiger partial charge in [-0.25, -0.2) is 4.79 Å². The summed E-state index contributed by atoms with van der Waals surface area (Å²) in [6, 6.07) is 4.10. The highest BCUT2D eigenvalue weighted by molar-refractivity contribution is 5.90. The number of guanidine groups is 1. The van der Waals surface area contributed by atoms with E-state index in [2.05, 4.69) is 5.32 Å². The summed E-state index contributed by atoms with van der Waals surface area (Å²) in [5.41, 5.74) is 10.6. The van der Waals surface area contributed by atoms with Crippen LogP contribution >= 0.6 is 0 Å². The highest BCUT2D eigenvalue weighted by Gasteiger charge is 2.11. The molecule has 1 aromatic carbocycles. The summed E-state index contributed by atoms with van der Waals surface area (Å²) in [4.78, 5) is 18.4. The molecule has 0 unspecified atom stereocenters. The summed E-state index contributed by atoms with van der Waals surface area (Å²) in [7, 11) is 0. The lowest BCUT2D eigenvalue weighted by Crippen LogP contribution is -2.20. The average molecular weight is 257 g/mol. The number of carboxylic acid groups (broad SMARTS) is 2. The van der Waals surface area contributed by atoms with E-state index in [1.165, 1.54) is 18.2 Å². The fraction of sp³-hybridized carbons (Fsp3) is 0. The number of nitrogens with one attached hydrogen (secondary N) is 2. The van der Waals surface area contributed by atoms with Crippen molar-refractivity contribution in [3.05, 3.63) is 28.3 Å². The highest BCUT2D eigenvalue weighted by atomic mass is 16.6. The quantitative estimate of drug-likeness (QED) is 0.147. The van der Waals surface area contributed by atoms with E-state index in [9.17, 15) is 10.1 Å². The second kappa shape index (κ2) is 6.52. The van der Waals surface area contributed by atoms with Crippen LogP contribution in [0.1, 0.15) is 0 Å². The van der Waals surface area contributed by atoms with Gasteiger partial charge in [0.15, 0.2) is 5.96 Å². The summed E-state index contributed by atoms with van der Waals surface area (Å²) >= 11 is 0. The molecular weight excluding hydrogens is 246 g/mol. The van der Waals surface area contributed by atoms with Crippen molar-refractivity contribution in [2.75, 3.05) is 11.1 Å². The number of carbonyl (C=O) groups is 1. The van der Waals surface area contributed by atoms with Gasteiger partial charge in [-0.15, -0.1) is 0 Å². The second-order valence-corrected chi connectivity index (χ2v) is 2.85. The molecule has 0 saturated heterocycles. The van der Waals surface area contributed by atoms with E-state index in [-0.39, 0.29) is 17.3 Å². The van der Waals surface area contributed by atoms with Gasteiger partial charge in [0.25, 0.3) is 5.69 Å². The third kappa shape index (κ3) is 5.75. The number of hydrogen-bond donors (Lipinski definition) is 6. The van der Waals surface area contributed by atoms with Crippen molar-refractivity contribution >= 4 is 29.2 Å². The maximum absolute atomic E-state index is 10.5. The van der Waals surface area contributed by atoms with E-state index in [1.54, 1.807) is 0 Å². The molecule has 10 nitrogen and oxygen atoms in total. The number of nitro benzene ring substituents is 1. The molecule has 0 aromatic heterocycles. The first-order valence-electron chi connectivity index (χ1n) is 4.31. The Labute approximate surface area is 100 Å². The summed E-state index contributed by atoms with van der Waals surface area (Å²) in [6.45, 7) is 0. The molecule has 0 saturated carbocycles. The Hall–Kier alpha value is -3.04. The Morgan fingerprint density at radius 1 is 1.44 bits per heavy atom. The maximum atomic E-state index is 10.5. The van der Waals surface area contributed by atoms with Crippen LogP contribution in [0.2, 0.25) is 0 Å². The largest absolute Gasteiger partial charge is 0.503 e. The van der Waals surface area contributed by atoms with Crippen LogP contribution in [0.5, 0.6) is 0 Å². The van der Waals surface area contributed by atoms with Gasteiger partial charge in [-0.05, 0) is 12.1 Å². The Bertz CT molecular complexity index is 471. The summed E-state index contributed by atoms with van der Waals surface area (Å²) < 4.78 is 0. The standard InChI is InChI=1S/C7H9N5O2.CH2O3/c8-5-2-1-4(11-7(9)10)3-6(5)12(13)14;2-1(3)4/h1-3H,8H2,(H4,9,10,11);(H2,2,3,4). The van der Waals surface area contributed by atoms with Gasteiger partial charge < -0.3 is 27.0 Å². The van der Waals surface area contributed by atoms with E-state index in [0.29, 0.717) is 5.69 Å². The van der Waals surface area contributed by atoms with Gasteiger partial charge in [-0.1, -0.05) is 0 Å². The molecule has 0 radical (unpaired) electrons. The monoisotopic (exact) mass is 257 g/mol. The third-order valence-corrected chi connectivity index (χ3v) is 1.51. The van der Waals surface area contributed by atoms with Gasteiger partial charge in [-0.2, -0.15) is 0 Å². The summed E-state index contributed by atoms with van der Waals surface area (Å²) in [5.74, 6) is -0.288. The number of rotatable bonds is 2. The zero-order chi connectivity index (χ0) is 14.3. The Balaban J connectivity index is 0.000000631. The van der Waals surface area contributed by atoms with Gasteiger partial charge >= 0.3 is 6.16 Å². The minimum atomic E-state index is -1.83. The molecule has 0 bridgehead atoms. The molecule has 18 heavy (non-hydrogen) atoms. The SMILES string of the molecule is N=C(N)Nc1ccc(N)c([N+](=O)[O-])c1.O=C(O)O. The van der Waals surface area contributed by atoms with Crippen LogP contribution in [0.25, 0.3) is 0 Å². The Morgan fingerprint density at radius 2 is 1.94 bits per heavy atom. The topological polar surface area (TPSA) is 189 Å². The first-order chi connectivity index (χ1) is 8.23. The zero-order valence-corrected chi connectivity index (χ0v) is 8.95. The van der Waals surface area contributed by atoms with Crippen LogP contribution < -0.4 is 16.8 Å². The number of hydrogen-bond acceptors (Lipinski definition) is 5. The first-order valence-corrected chi connectivity index (χ1v) is 4.31. The number of anilines is 2. The molecule has 0 aliphatic rings. The summed E-state index contributed by atoms with van der Waals surface area (Å²) in [6.07, 6.45) is -1.83. The van der Waals surface area contributed by atoms with E-state index in [1.807, 2.05) is 0 Å². The average Bonchev–Trinajstić information content (AvgIpc) is 2.19. The van der Waals surface area contributed by atoms with Gasteiger partial charge in [0.1, 0.15) is 5.69 Å². The molecule has 0 amide bonds. The highest BCUT2D eigenvalue weighted by Crippen LogP contribution is 2.24. The van der Waals surface area contributed by atoms with Crippen molar-refractivity contribution in [3.63, 3.8) is 0 Å². The fourth-order valence-corrected chi connectivity index (χ4v) is 0.935. The number of nitro groups is 1. The molecule has 8 N–H and O–H groups in total. The van der Waals surface area contributed by atoms with Gasteiger partial charge in [0.05, 0.1) is 4.92 Å². The molecule has 0 aliphatic carbocycles. The molecular formula is C8H11N5O5. The normalized spacial score (nSPS) is 8.67. The number of nitrogens with zero attached hydrogens (tertiary/aromatic N) is 1. The second-order valence-electron chi connectivity index (χ2n) is 2.85. The molecule has 0 fully saturated rings. The van der Waals surface area contributed by atoms with Crippen molar-refractivity contribution in [1.29, 1.82) is 5.41 Å². The van der Waals surface area contributed by atoms with Crippen molar-refractivity contribution in [1.82, 2.24) is 0 Å². The first kappa shape index (κ1) is 15.0. The molecule has 10 heteroatoms. The van der Waals surface area contributed by atoms with Gasteiger partial charge in [-0.3, -0.25) is 15.5 Å². The van der Waals surface area contributed by atoms with E-state index >= 15 is 0 Å². The van der Waals surface area contributed by atoms with E-state index in [0.717, 1.165) is 0 Å². The van der Waals surface area contributed by atoms with Gasteiger partial charge in [0.2, 0.25) is 0 Å². The van der Waals surface area contributed by atoms with Crippen molar-refractivity contribution < 1.29 is 19.9 Å². The van der Waals surface area contributed by atoms with E-state index < -0.39 is 11.1 Å². The smallest absolute Gasteiger partial charge is 0.450 e. The van der Waals surface area contributed by atoms with Gasteiger partial charge in [0, 0.05) is 11.8 Å². The van der Waals surface area contributed by atoms with Crippen LogP contribution in [0.15, 0.2) is 18.2 Å². The Morgan fingerprint density at radius 3 is 2.33 bits per heavy atom. The van der Waals surface area contributed by atoms with Crippen LogP contribution in [0.3, 0.4) is 0 Å². The summed E-state index contributed by atoms with van der Waals surface area (Å²) in [5, 5.41) is 33.8. The van der Waals surface area contributed by atoms with Crippen LogP contribution in [-0.4, -0.2) is 27.3 Å². The Kier molecular flexibility index (Phi) is 5.42. The molecule has 0 spiro atoms. The fourth-order valence-electron chi connectivity index (χ4n) is 0.935. The minimum Gasteiger partial charge on any atom is -0.450 e. The number of benzene rings is 1. The lowest BCUT2D eigenvalue weighted by molar-refractivity contribution is -0.383. The molecule has 1 aromatic rings. The van der Waals surface area contributed by atoms with Crippen molar-refractivity contribution in [2.45, 2.75) is 0 Å². The minimum absolute atomic E-state index is 0.0732. The van der Waals surface area contributed by atoms with Crippen LogP contribution in [0, 0.1) is 15.5 Å². The zero-order valence-electron chi connectivity index (χ0n) is 8.95. The molecule has 1 rings (SSSR count). The number of nitrogen functional groups attached to an aromatic ring is 1. The van der Waals surface area contributed by atoms with Crippen LogP contribution in [-0.2, 0) is 0 Å². The molecule has 0 heterocycles. The van der Waals surface area contributed by atoms with Crippen LogP contribution in [0.4, 0.5) is 21.9 Å². The maximum Gasteiger partial charge on any atom is 0.503 e. The predicted octanol–water partition coefficient (Wildman–Crippen LogP) is 0.705. The van der Waals surface area contributed by atoms with Crippen molar-refractivity contribution in [3.8, 4) is 0 Å². The van der Waals surface area contributed by atoms with Crippen molar-refractivity contribution in [2.24, 2.45) is 5.73 Å². The lowest BCUT2D eigenvalue weighted by Gasteiger charge is -2.04. The van der Waals surface area contributed by atoms with E-state index in [4.69, 9.17) is 31.9 Å². The number of nitrogens with two attached hydrogens (primary N) is 2. The molecule has 0 atom stereocenters. The molecule has 98 valence electrons. The lowest BCUT2D eigenvalue weighted by atomic mass is 10.2. The third-order valence-electron chi connectivity index (χ3n) is 1.51. The molecule has 0 aliphatic heterocycles.